The van der Waals surface area contributed by atoms with Crippen LogP contribution < -0.4 is 0 Å². The molecule has 8 rings (SSSR count). The molecule has 8 aromatic rings. The molecular weight excluding hydrogens is 458 g/mol. The normalized spacial score (nSPS) is 11.9. The molecule has 0 fully saturated rings. The summed E-state index contributed by atoms with van der Waals surface area (Å²) in [6, 6.07) is 38.4. The third-order valence-corrected chi connectivity index (χ3v) is 8.26. The maximum Gasteiger partial charge on any atom is 0.145 e. The van der Waals surface area contributed by atoms with Crippen molar-refractivity contribution in [1.29, 1.82) is 0 Å². The van der Waals surface area contributed by atoms with Crippen molar-refractivity contribution in [3.8, 4) is 17.1 Å². The number of pyridine rings is 2. The molecule has 0 atom stereocenters. The minimum absolute atomic E-state index is 0.933. The topological polar surface area (TPSA) is 30.7 Å². The summed E-state index contributed by atoms with van der Waals surface area (Å²) in [5, 5.41) is 6.07. The van der Waals surface area contributed by atoms with E-state index in [9.17, 15) is 0 Å². The average Bonchev–Trinajstić information content (AvgIpc) is 3.48. The highest BCUT2D eigenvalue weighted by Gasteiger charge is 2.20. The lowest BCUT2D eigenvalue weighted by atomic mass is 10.1. The van der Waals surface area contributed by atoms with Crippen molar-refractivity contribution in [2.24, 2.45) is 0 Å². The molecule has 36 heavy (non-hydrogen) atoms. The van der Waals surface area contributed by atoms with E-state index in [4.69, 9.17) is 9.97 Å². The third kappa shape index (κ3) is 2.73. The molecule has 0 amide bonds. The highest BCUT2D eigenvalue weighted by molar-refractivity contribution is 7.26. The van der Waals surface area contributed by atoms with Gasteiger partial charge in [0.05, 0.1) is 22.2 Å². The van der Waals surface area contributed by atoms with Crippen LogP contribution in [0.4, 0.5) is 0 Å². The van der Waals surface area contributed by atoms with Crippen LogP contribution in [0.25, 0.3) is 70.0 Å². The van der Waals surface area contributed by atoms with Gasteiger partial charge in [-0.05, 0) is 35.7 Å². The van der Waals surface area contributed by atoms with Crippen LogP contribution in [-0.2, 0) is 0 Å². The van der Waals surface area contributed by atoms with Gasteiger partial charge in [0.15, 0.2) is 0 Å². The molecule has 0 saturated heterocycles. The number of thiophene rings is 1. The quantitative estimate of drug-likeness (QED) is 0.249. The number of rotatable bonds is 2. The van der Waals surface area contributed by atoms with Crippen molar-refractivity contribution in [2.45, 2.75) is 0 Å². The van der Waals surface area contributed by atoms with Gasteiger partial charge in [-0.25, -0.2) is 9.97 Å². The number of hydrogen-bond acceptors (Lipinski definition) is 3. The SMILES string of the molecule is c1ccc(-c2ccc3c(n2)c2c4sc5ccccc5c4ccc2n3-c2nccc3ccccc23)cc1. The first kappa shape index (κ1) is 19.7. The summed E-state index contributed by atoms with van der Waals surface area (Å²) in [7, 11) is 0. The molecule has 3 nitrogen and oxygen atoms in total. The molecule has 4 aromatic heterocycles. The smallest absolute Gasteiger partial charge is 0.145 e. The first-order valence-corrected chi connectivity index (χ1v) is 12.8. The zero-order chi connectivity index (χ0) is 23.6. The van der Waals surface area contributed by atoms with Crippen LogP contribution in [0.15, 0.2) is 115 Å². The summed E-state index contributed by atoms with van der Waals surface area (Å²) in [5.41, 5.74) is 5.31. The molecule has 0 aliphatic carbocycles. The van der Waals surface area contributed by atoms with E-state index in [1.807, 2.05) is 23.6 Å². The van der Waals surface area contributed by atoms with Gasteiger partial charge in [0.25, 0.3) is 0 Å². The molecular formula is C32H19N3S. The maximum atomic E-state index is 5.28. The van der Waals surface area contributed by atoms with E-state index < -0.39 is 0 Å². The van der Waals surface area contributed by atoms with Crippen LogP contribution in [0.5, 0.6) is 0 Å². The second-order valence-electron chi connectivity index (χ2n) is 9.06. The van der Waals surface area contributed by atoms with Gasteiger partial charge in [0.2, 0.25) is 0 Å². The molecule has 0 aliphatic heterocycles. The fourth-order valence-electron chi connectivity index (χ4n) is 5.42. The average molecular weight is 478 g/mol. The summed E-state index contributed by atoms with van der Waals surface area (Å²) >= 11 is 1.85. The Morgan fingerprint density at radius 2 is 1.39 bits per heavy atom. The van der Waals surface area contributed by atoms with Crippen LogP contribution >= 0.6 is 11.3 Å². The Balaban J connectivity index is 1.57. The standard InChI is InChI=1S/C32H19N3S/c1-2-9-21(10-3-1)25-15-17-27-30(34-25)29-26(16-14-24-23-12-6-7-13-28(23)36-31(24)29)35(27)32-22-11-5-4-8-20(22)18-19-33-32/h1-19H. The van der Waals surface area contributed by atoms with Crippen molar-refractivity contribution >= 4 is 64.2 Å². The molecule has 0 radical (unpaired) electrons. The highest BCUT2D eigenvalue weighted by atomic mass is 32.1. The Morgan fingerprint density at radius 3 is 2.31 bits per heavy atom. The van der Waals surface area contributed by atoms with E-state index in [1.165, 1.54) is 30.9 Å². The first-order valence-electron chi connectivity index (χ1n) is 12.0. The van der Waals surface area contributed by atoms with Gasteiger partial charge in [-0.15, -0.1) is 11.3 Å². The Morgan fingerprint density at radius 1 is 0.611 bits per heavy atom. The van der Waals surface area contributed by atoms with E-state index in [1.54, 1.807) is 0 Å². The summed E-state index contributed by atoms with van der Waals surface area (Å²) < 4.78 is 4.86. The van der Waals surface area contributed by atoms with Gasteiger partial charge in [0, 0.05) is 42.7 Å². The zero-order valence-electron chi connectivity index (χ0n) is 19.2. The maximum absolute atomic E-state index is 5.28. The fraction of sp³-hybridized carbons (Fsp3) is 0. The second-order valence-corrected chi connectivity index (χ2v) is 10.1. The predicted molar refractivity (Wildman–Crippen MR) is 152 cm³/mol. The van der Waals surface area contributed by atoms with Crippen LogP contribution in [0.2, 0.25) is 0 Å². The number of benzene rings is 4. The van der Waals surface area contributed by atoms with Crippen molar-refractivity contribution in [2.75, 3.05) is 0 Å². The predicted octanol–water partition coefficient (Wildman–Crippen LogP) is 8.76. The number of hydrogen-bond donors (Lipinski definition) is 0. The molecule has 4 heteroatoms. The van der Waals surface area contributed by atoms with Crippen LogP contribution in [0.3, 0.4) is 0 Å². The Bertz CT molecular complexity index is 2100. The minimum atomic E-state index is 0.933. The van der Waals surface area contributed by atoms with Crippen LogP contribution in [0.1, 0.15) is 0 Å². The number of aromatic nitrogens is 3. The summed E-state index contributed by atoms with van der Waals surface area (Å²) in [4.78, 5) is 10.2. The zero-order valence-corrected chi connectivity index (χ0v) is 20.0. The van der Waals surface area contributed by atoms with Gasteiger partial charge in [-0.2, -0.15) is 0 Å². The Hall–Kier alpha value is -4.54. The molecule has 168 valence electrons. The van der Waals surface area contributed by atoms with Crippen molar-refractivity contribution in [3.05, 3.63) is 115 Å². The molecule has 0 saturated carbocycles. The van der Waals surface area contributed by atoms with Crippen molar-refractivity contribution in [1.82, 2.24) is 14.5 Å². The lowest BCUT2D eigenvalue weighted by Crippen LogP contribution is -1.98. The fourth-order valence-corrected chi connectivity index (χ4v) is 6.67. The van der Waals surface area contributed by atoms with Gasteiger partial charge in [-0.3, -0.25) is 4.57 Å². The van der Waals surface area contributed by atoms with E-state index >= 15 is 0 Å². The van der Waals surface area contributed by atoms with Crippen LogP contribution in [-0.4, -0.2) is 14.5 Å². The van der Waals surface area contributed by atoms with Gasteiger partial charge < -0.3 is 0 Å². The van der Waals surface area contributed by atoms with E-state index in [-0.39, 0.29) is 0 Å². The second kappa shape index (κ2) is 7.48. The van der Waals surface area contributed by atoms with E-state index in [0.717, 1.165) is 39.0 Å². The Labute approximate surface area is 210 Å². The molecule has 0 bridgehead atoms. The molecule has 0 unspecified atom stereocenters. The molecule has 0 aliphatic rings. The molecule has 4 heterocycles. The number of nitrogens with zero attached hydrogens (tertiary/aromatic N) is 3. The summed E-state index contributed by atoms with van der Waals surface area (Å²) in [6.07, 6.45) is 1.90. The highest BCUT2D eigenvalue weighted by Crippen LogP contribution is 2.43. The number of fused-ring (bicyclic) bond motifs is 8. The van der Waals surface area contributed by atoms with Crippen molar-refractivity contribution < 1.29 is 0 Å². The largest absolute Gasteiger partial charge is 0.292 e. The summed E-state index contributed by atoms with van der Waals surface area (Å²) in [6.45, 7) is 0. The lowest BCUT2D eigenvalue weighted by Gasteiger charge is -2.10. The van der Waals surface area contributed by atoms with Gasteiger partial charge in [-0.1, -0.05) is 78.9 Å². The Kier molecular flexibility index (Phi) is 4.10. The monoisotopic (exact) mass is 477 g/mol. The summed E-state index contributed by atoms with van der Waals surface area (Å²) in [5.74, 6) is 0.933. The molecule has 0 N–H and O–H groups in total. The van der Waals surface area contributed by atoms with Gasteiger partial charge >= 0.3 is 0 Å². The van der Waals surface area contributed by atoms with E-state index in [2.05, 4.69) is 108 Å². The third-order valence-electron chi connectivity index (χ3n) is 7.05. The van der Waals surface area contributed by atoms with Gasteiger partial charge in [0.1, 0.15) is 5.82 Å². The van der Waals surface area contributed by atoms with Crippen molar-refractivity contribution in [3.63, 3.8) is 0 Å². The van der Waals surface area contributed by atoms with E-state index in [0.29, 0.717) is 0 Å². The van der Waals surface area contributed by atoms with Crippen LogP contribution in [0, 0.1) is 0 Å². The first-order chi connectivity index (χ1) is 17.9. The molecule has 0 spiro atoms. The minimum Gasteiger partial charge on any atom is -0.292 e. The lowest BCUT2D eigenvalue weighted by molar-refractivity contribution is 1.10. The molecule has 4 aromatic carbocycles.